The third kappa shape index (κ3) is 5.14. The molecule has 6 rings (SSSR count). The molecule has 2 bridgehead atoms. The third-order valence-electron chi connectivity index (χ3n) is 8.08. The number of ether oxygens (including phenoxy) is 1. The van der Waals surface area contributed by atoms with Gasteiger partial charge in [0, 0.05) is 28.3 Å². The monoisotopic (exact) mass is 633 g/mol. The summed E-state index contributed by atoms with van der Waals surface area (Å²) < 4.78 is 5.34. The van der Waals surface area contributed by atoms with E-state index in [2.05, 4.69) is 0 Å². The topological polar surface area (TPSA) is 144 Å². The molecule has 1 saturated carbocycles. The van der Waals surface area contributed by atoms with Gasteiger partial charge in [-0.2, -0.15) is 5.01 Å². The highest BCUT2D eigenvalue weighted by Gasteiger charge is 2.61. The summed E-state index contributed by atoms with van der Waals surface area (Å²) in [6, 6.07) is 14.4. The molecule has 11 nitrogen and oxygen atoms in total. The molecule has 1 heterocycles. The Hall–Kier alpha value is -4.87. The smallest absolute Gasteiger partial charge is 0.345 e. The highest BCUT2D eigenvalue weighted by atomic mass is 35.5. The fourth-order valence-corrected chi connectivity index (χ4v) is 6.47. The van der Waals surface area contributed by atoms with Crippen molar-refractivity contribution in [2.24, 2.45) is 23.7 Å². The number of nitro groups is 1. The van der Waals surface area contributed by atoms with Gasteiger partial charge in [-0.3, -0.25) is 29.3 Å². The van der Waals surface area contributed by atoms with Crippen molar-refractivity contribution >= 4 is 58.4 Å². The number of benzene rings is 3. The molecule has 2 fully saturated rings. The van der Waals surface area contributed by atoms with Crippen molar-refractivity contribution in [1.29, 1.82) is 0 Å². The van der Waals surface area contributed by atoms with Gasteiger partial charge in [-0.15, -0.1) is 0 Å². The minimum absolute atomic E-state index is 0.0507. The summed E-state index contributed by atoms with van der Waals surface area (Å²) in [7, 11) is 0. The number of nitro benzene ring substituents is 1. The number of hydrogen-bond acceptors (Lipinski definition) is 8. The van der Waals surface area contributed by atoms with E-state index < -0.39 is 52.8 Å². The summed E-state index contributed by atoms with van der Waals surface area (Å²) >= 11 is 11.9. The second-order valence-corrected chi connectivity index (χ2v) is 11.5. The van der Waals surface area contributed by atoms with E-state index in [1.54, 1.807) is 0 Å². The summed E-state index contributed by atoms with van der Waals surface area (Å²) in [5.41, 5.74) is -0.110. The van der Waals surface area contributed by atoms with Crippen LogP contribution in [0.1, 0.15) is 37.5 Å². The number of fused-ring (bicyclic) bond motifs is 5. The summed E-state index contributed by atoms with van der Waals surface area (Å²) in [5.74, 6) is -4.73. The zero-order valence-corrected chi connectivity index (χ0v) is 24.1. The molecule has 0 unspecified atom stereocenters. The first kappa shape index (κ1) is 29.2. The fourth-order valence-electron chi connectivity index (χ4n) is 5.99. The number of Topliss-reactive ketones (excluding diaryl/α,β-unsaturated/α-hetero) is 1. The van der Waals surface area contributed by atoms with Crippen molar-refractivity contribution in [3.8, 4) is 5.75 Å². The lowest BCUT2D eigenvalue weighted by atomic mass is 9.85. The normalized spacial score (nSPS) is 21.4. The third-order valence-corrected chi connectivity index (χ3v) is 8.63. The SMILES string of the molecule is O=C(CN(C(=O)c1ccc([N+](=O)[O-])cc1)N1C(=O)[C@H]2[C@H](C1=O)[C@H]1C=C[C@H]2C1)c1ccc(OC(=O)c2ccc(Cl)cc2Cl)cc1. The van der Waals surface area contributed by atoms with Gasteiger partial charge < -0.3 is 4.74 Å². The Labute approximate surface area is 259 Å². The molecule has 13 heteroatoms. The van der Waals surface area contributed by atoms with Gasteiger partial charge in [0.05, 0.1) is 27.3 Å². The van der Waals surface area contributed by atoms with Gasteiger partial charge in [-0.1, -0.05) is 35.4 Å². The molecule has 3 aromatic rings. The average molecular weight is 634 g/mol. The predicted molar refractivity (Wildman–Crippen MR) is 156 cm³/mol. The van der Waals surface area contributed by atoms with Crippen LogP contribution in [0.3, 0.4) is 0 Å². The molecule has 4 atom stereocenters. The number of allylic oxidation sites excluding steroid dienone is 2. The Bertz CT molecular complexity index is 1740. The molecular weight excluding hydrogens is 613 g/mol. The number of esters is 1. The lowest BCUT2D eigenvalue weighted by molar-refractivity contribution is -0.384. The van der Waals surface area contributed by atoms with E-state index >= 15 is 0 Å². The average Bonchev–Trinajstić information content (AvgIpc) is 3.69. The van der Waals surface area contributed by atoms with Crippen molar-refractivity contribution in [1.82, 2.24) is 10.0 Å². The van der Waals surface area contributed by atoms with E-state index in [1.807, 2.05) is 12.2 Å². The molecule has 222 valence electrons. The molecule has 3 aromatic carbocycles. The van der Waals surface area contributed by atoms with Crippen molar-refractivity contribution in [2.75, 3.05) is 6.54 Å². The maximum atomic E-state index is 13.7. The van der Waals surface area contributed by atoms with E-state index in [1.165, 1.54) is 54.6 Å². The second-order valence-electron chi connectivity index (χ2n) is 10.6. The number of carbonyl (C=O) groups excluding carboxylic acids is 5. The summed E-state index contributed by atoms with van der Waals surface area (Å²) in [4.78, 5) is 77.2. The van der Waals surface area contributed by atoms with Gasteiger partial charge in [-0.25, -0.2) is 9.80 Å². The standard InChI is InChI=1S/C31H21Cl2N3O8/c32-20-7-12-23(24(33)14-20)31(41)44-22-10-5-16(6-11-22)25(37)15-34(28(38)17-3-8-21(9-4-17)36(42)43)35-29(39)26-18-1-2-19(13-18)27(26)30(35)40/h1-12,14,18-19,26-27H,13,15H2/t18-,19-,26+,27+/m0/s1. The van der Waals surface area contributed by atoms with Gasteiger partial charge in [-0.05, 0) is 72.9 Å². The Morgan fingerprint density at radius 2 is 1.48 bits per heavy atom. The number of amides is 3. The number of hydrazine groups is 1. The fraction of sp³-hybridized carbons (Fsp3) is 0.194. The number of ketones is 1. The first-order valence-corrected chi connectivity index (χ1v) is 14.2. The first-order valence-electron chi connectivity index (χ1n) is 13.5. The molecule has 0 aromatic heterocycles. The number of carbonyl (C=O) groups is 5. The van der Waals surface area contributed by atoms with Crippen molar-refractivity contribution < 1.29 is 33.6 Å². The van der Waals surface area contributed by atoms with E-state index in [0.717, 1.165) is 22.2 Å². The van der Waals surface area contributed by atoms with Crippen molar-refractivity contribution in [3.05, 3.63) is 116 Å². The Balaban J connectivity index is 1.24. The molecule has 1 saturated heterocycles. The van der Waals surface area contributed by atoms with Crippen LogP contribution in [0.2, 0.25) is 10.0 Å². The Morgan fingerprint density at radius 3 is 2.05 bits per heavy atom. The molecule has 3 amide bonds. The van der Waals surface area contributed by atoms with Crippen molar-refractivity contribution in [2.45, 2.75) is 6.42 Å². The summed E-state index contributed by atoms with van der Waals surface area (Å²) in [6.45, 7) is -0.672. The zero-order valence-electron chi connectivity index (χ0n) is 22.6. The summed E-state index contributed by atoms with van der Waals surface area (Å²) in [5, 5.41) is 13.1. The number of halogens is 2. The van der Waals surface area contributed by atoms with Crippen LogP contribution >= 0.6 is 23.2 Å². The second kappa shape index (κ2) is 11.3. The number of nitrogens with zero attached hydrogens (tertiary/aromatic N) is 3. The zero-order chi connectivity index (χ0) is 31.3. The maximum Gasteiger partial charge on any atom is 0.345 e. The molecule has 2 aliphatic carbocycles. The lowest BCUT2D eigenvalue weighted by Gasteiger charge is -2.30. The van der Waals surface area contributed by atoms with E-state index in [9.17, 15) is 34.1 Å². The quantitative estimate of drug-likeness (QED) is 0.0628. The summed E-state index contributed by atoms with van der Waals surface area (Å²) in [6.07, 6.45) is 4.49. The minimum Gasteiger partial charge on any atom is -0.423 e. The van der Waals surface area contributed by atoms with E-state index in [0.29, 0.717) is 11.4 Å². The van der Waals surface area contributed by atoms with Gasteiger partial charge in [0.25, 0.3) is 23.4 Å². The first-order chi connectivity index (χ1) is 21.0. The predicted octanol–water partition coefficient (Wildman–Crippen LogP) is 5.17. The van der Waals surface area contributed by atoms with Crippen LogP contribution in [0, 0.1) is 33.8 Å². The number of rotatable bonds is 8. The maximum absolute atomic E-state index is 13.7. The van der Waals surface area contributed by atoms with Gasteiger partial charge in [0.15, 0.2) is 5.78 Å². The van der Waals surface area contributed by atoms with Gasteiger partial charge >= 0.3 is 5.97 Å². The van der Waals surface area contributed by atoms with E-state index in [-0.39, 0.29) is 45.0 Å². The molecule has 0 radical (unpaired) electrons. The number of non-ortho nitro benzene ring substituents is 1. The van der Waals surface area contributed by atoms with Crippen LogP contribution in [0.25, 0.3) is 0 Å². The van der Waals surface area contributed by atoms with Gasteiger partial charge in [0.1, 0.15) is 12.3 Å². The molecule has 1 aliphatic heterocycles. The molecule has 0 N–H and O–H groups in total. The Morgan fingerprint density at radius 1 is 0.886 bits per heavy atom. The van der Waals surface area contributed by atoms with Crippen LogP contribution in [0.15, 0.2) is 78.9 Å². The number of hydrogen-bond donors (Lipinski definition) is 0. The van der Waals surface area contributed by atoms with Gasteiger partial charge in [0.2, 0.25) is 0 Å². The van der Waals surface area contributed by atoms with Crippen LogP contribution in [-0.2, 0) is 9.59 Å². The lowest BCUT2D eigenvalue weighted by Crippen LogP contribution is -2.52. The number of imide groups is 1. The molecule has 3 aliphatic rings. The van der Waals surface area contributed by atoms with Crippen LogP contribution in [0.4, 0.5) is 5.69 Å². The van der Waals surface area contributed by atoms with E-state index in [4.69, 9.17) is 27.9 Å². The van der Waals surface area contributed by atoms with Crippen molar-refractivity contribution in [3.63, 3.8) is 0 Å². The molecular formula is C31H21Cl2N3O8. The Kier molecular flexibility index (Phi) is 7.52. The minimum atomic E-state index is -0.847. The van der Waals surface area contributed by atoms with Crippen LogP contribution in [0.5, 0.6) is 5.75 Å². The van der Waals surface area contributed by atoms with Crippen LogP contribution in [-0.4, -0.2) is 51.0 Å². The molecule has 0 spiro atoms. The van der Waals surface area contributed by atoms with Crippen LogP contribution < -0.4 is 4.74 Å². The highest BCUT2D eigenvalue weighted by molar-refractivity contribution is 6.36. The molecule has 44 heavy (non-hydrogen) atoms. The largest absolute Gasteiger partial charge is 0.423 e. The highest BCUT2D eigenvalue weighted by Crippen LogP contribution is 2.52.